The van der Waals surface area contributed by atoms with Crippen molar-refractivity contribution in [2.24, 2.45) is 10.2 Å². The van der Waals surface area contributed by atoms with E-state index in [1.807, 2.05) is 24.3 Å². The van der Waals surface area contributed by atoms with Crippen LogP contribution < -0.4 is 21.5 Å². The van der Waals surface area contributed by atoms with Crippen LogP contribution in [0.25, 0.3) is 35.1 Å². The van der Waals surface area contributed by atoms with Crippen molar-refractivity contribution in [2.75, 3.05) is 24.9 Å². The highest BCUT2D eigenvalue weighted by Crippen LogP contribution is 2.28. The Bertz CT molecular complexity index is 2190. The fourth-order valence-corrected chi connectivity index (χ4v) is 5.52. The Hall–Kier alpha value is -7.28. The van der Waals surface area contributed by atoms with Gasteiger partial charge < -0.3 is 15.1 Å². The second-order valence-electron chi connectivity index (χ2n) is 11.3. The number of Topliss-reactive ketones (excluding diaryl/α,β-unsaturated/α-hetero) is 2. The molecule has 2 aliphatic carbocycles. The first-order valence-electron chi connectivity index (χ1n) is 15.7. The van der Waals surface area contributed by atoms with Crippen LogP contribution in [0.5, 0.6) is 0 Å². The van der Waals surface area contributed by atoms with E-state index in [0.29, 0.717) is 45.4 Å². The Labute approximate surface area is 290 Å². The van der Waals surface area contributed by atoms with Crippen LogP contribution in [-0.4, -0.2) is 59.1 Å². The molecule has 0 unspecified atom stereocenters. The highest BCUT2D eigenvalue weighted by Gasteiger charge is 2.30. The number of hydrogen-bond acceptors (Lipinski definition) is 11. The van der Waals surface area contributed by atoms with Crippen molar-refractivity contribution in [2.45, 2.75) is 0 Å². The third-order valence-corrected chi connectivity index (χ3v) is 8.18. The van der Waals surface area contributed by atoms with Gasteiger partial charge in [-0.2, -0.15) is 10.2 Å². The van der Waals surface area contributed by atoms with Gasteiger partial charge in [0.15, 0.2) is 0 Å². The van der Waals surface area contributed by atoms with Gasteiger partial charge >= 0.3 is 0 Å². The maximum absolute atomic E-state index is 13.1. The third kappa shape index (κ3) is 6.34. The molecule has 0 radical (unpaired) electrons. The number of fused-ring (bicyclic) bond motifs is 2. The van der Waals surface area contributed by atoms with Gasteiger partial charge in [0.25, 0.3) is 11.8 Å². The highest BCUT2D eigenvalue weighted by atomic mass is 16.4. The van der Waals surface area contributed by atoms with Gasteiger partial charge in [0.05, 0.1) is 22.5 Å². The van der Waals surface area contributed by atoms with E-state index in [-0.39, 0.29) is 22.6 Å². The minimum Gasteiger partial charge on any atom is -0.416 e. The van der Waals surface area contributed by atoms with Crippen LogP contribution in [0, 0.1) is 0 Å². The zero-order chi connectivity index (χ0) is 35.5. The van der Waals surface area contributed by atoms with Crippen LogP contribution in [0.3, 0.4) is 0 Å². The quantitative estimate of drug-likeness (QED) is 0.136. The van der Waals surface area contributed by atoms with Gasteiger partial charge in [0, 0.05) is 36.3 Å². The summed E-state index contributed by atoms with van der Waals surface area (Å²) in [6.07, 6.45) is 3.13. The largest absolute Gasteiger partial charge is 0.416 e. The first-order chi connectivity index (χ1) is 24.8. The molecule has 0 aliphatic heterocycles. The number of rotatable bonds is 8. The number of ketones is 2. The van der Waals surface area contributed by atoms with Gasteiger partial charge in [0.2, 0.25) is 23.3 Å². The van der Waals surface area contributed by atoms with Crippen molar-refractivity contribution in [3.8, 4) is 22.9 Å². The van der Waals surface area contributed by atoms with Crippen LogP contribution in [0.15, 0.2) is 123 Å². The summed E-state index contributed by atoms with van der Waals surface area (Å²) in [5.41, 5.74) is 11.3. The molecule has 1 aromatic heterocycles. The smallest absolute Gasteiger partial charge is 0.255 e. The van der Waals surface area contributed by atoms with Crippen molar-refractivity contribution in [3.05, 3.63) is 130 Å². The summed E-state index contributed by atoms with van der Waals surface area (Å²) >= 11 is 0. The molecule has 13 nitrogen and oxygen atoms in total. The molecule has 250 valence electrons. The molecule has 1 heterocycles. The lowest BCUT2D eigenvalue weighted by atomic mass is 9.89. The number of carbonyl (C=O) groups is 4. The molecular weight excluding hydrogens is 648 g/mol. The topological polar surface area (TPSA) is 180 Å². The highest BCUT2D eigenvalue weighted by molar-refractivity contribution is 6.59. The number of anilines is 2. The Morgan fingerprint density at radius 3 is 1.35 bits per heavy atom. The van der Waals surface area contributed by atoms with Gasteiger partial charge in [-0.1, -0.05) is 48.5 Å². The number of carbonyl (C=O) groups excluding carboxylic acids is 4. The van der Waals surface area contributed by atoms with E-state index < -0.39 is 23.4 Å². The number of aromatic nitrogens is 2. The van der Waals surface area contributed by atoms with E-state index in [1.54, 1.807) is 84.9 Å². The summed E-state index contributed by atoms with van der Waals surface area (Å²) < 4.78 is 5.95. The normalized spacial score (nSPS) is 15.0. The summed E-state index contributed by atoms with van der Waals surface area (Å²) in [4.78, 5) is 50.9. The molecule has 7 rings (SSSR count). The molecule has 0 saturated heterocycles. The number of hydrogen-bond donors (Lipinski definition) is 4. The monoisotopic (exact) mass is 676 g/mol. The SMILES string of the molecule is CNC(=O)C1=Cc2ccccc2/C(=N/Nc2ccc(-c3nnc(-c4ccc(N/N=C5\C(=O)C(C(=O)NC)=Cc6ccccc65)cc4)o3)cc2)C1=O. The van der Waals surface area contributed by atoms with E-state index in [9.17, 15) is 19.2 Å². The molecule has 4 N–H and O–H groups in total. The van der Waals surface area contributed by atoms with Gasteiger partial charge in [-0.05, 0) is 71.8 Å². The molecule has 2 aliphatic rings. The molecule has 0 saturated carbocycles. The number of likely N-dealkylation sites (N-methyl/N-ethyl adjacent to an activating group) is 2. The second-order valence-corrected chi connectivity index (χ2v) is 11.3. The van der Waals surface area contributed by atoms with Crippen LogP contribution in [0.1, 0.15) is 22.3 Å². The van der Waals surface area contributed by atoms with Crippen molar-refractivity contribution < 1.29 is 23.6 Å². The summed E-state index contributed by atoms with van der Waals surface area (Å²) in [7, 11) is 2.94. The molecule has 0 bridgehead atoms. The van der Waals surface area contributed by atoms with Gasteiger partial charge in [-0.25, -0.2) is 0 Å². The van der Waals surface area contributed by atoms with Crippen molar-refractivity contribution in [1.29, 1.82) is 0 Å². The molecule has 0 atom stereocenters. The average molecular weight is 677 g/mol. The maximum Gasteiger partial charge on any atom is 0.255 e. The molecule has 0 fully saturated rings. The maximum atomic E-state index is 13.1. The lowest BCUT2D eigenvalue weighted by molar-refractivity contribution is -0.121. The Balaban J connectivity index is 1.04. The van der Waals surface area contributed by atoms with Crippen LogP contribution in [0.4, 0.5) is 11.4 Å². The minimum absolute atomic E-state index is 0.0107. The molecule has 0 spiro atoms. The predicted octanol–water partition coefficient (Wildman–Crippen LogP) is 4.46. The third-order valence-electron chi connectivity index (χ3n) is 8.18. The molecule has 51 heavy (non-hydrogen) atoms. The number of nitrogens with one attached hydrogen (secondary N) is 4. The first kappa shape index (κ1) is 32.3. The molecule has 4 aromatic carbocycles. The summed E-state index contributed by atoms with van der Waals surface area (Å²) in [5, 5.41) is 22.1. The molecule has 2 amide bonds. The van der Waals surface area contributed by atoms with Crippen LogP contribution in [0.2, 0.25) is 0 Å². The van der Waals surface area contributed by atoms with E-state index in [0.717, 1.165) is 11.1 Å². The fraction of sp³-hybridized carbons (Fsp3) is 0.0526. The minimum atomic E-state index is -0.483. The first-order valence-corrected chi connectivity index (χ1v) is 15.7. The van der Waals surface area contributed by atoms with Crippen LogP contribution >= 0.6 is 0 Å². The van der Waals surface area contributed by atoms with E-state index in [1.165, 1.54) is 14.1 Å². The number of nitrogens with zero attached hydrogens (tertiary/aromatic N) is 4. The number of hydrazone groups is 2. The number of amides is 2. The van der Waals surface area contributed by atoms with Gasteiger partial charge in [-0.3, -0.25) is 30.0 Å². The van der Waals surface area contributed by atoms with Crippen LogP contribution in [-0.2, 0) is 19.2 Å². The molecule has 13 heteroatoms. The lowest BCUT2D eigenvalue weighted by Crippen LogP contribution is -2.32. The summed E-state index contributed by atoms with van der Waals surface area (Å²) in [5.74, 6) is -1.34. The standard InChI is InChI=1S/C38H28N8O5/c1-39-35(49)29-19-23-7-3-5-9-27(23)31(33(29)47)43-41-25-15-11-21(12-16-25)37-45-46-38(51-37)22-13-17-26(18-14-22)42-44-32-28-10-6-4-8-24(28)20-30(34(32)48)36(50)40-2/h3-20,41-42H,1-2H3,(H,39,49)(H,40,50)/b43-31-,44-32-. The average Bonchev–Trinajstić information content (AvgIpc) is 3.67. The van der Waals surface area contributed by atoms with Crippen molar-refractivity contribution in [3.63, 3.8) is 0 Å². The molecule has 5 aromatic rings. The molecular formula is C38H28N8O5. The van der Waals surface area contributed by atoms with Crippen molar-refractivity contribution >= 4 is 58.3 Å². The van der Waals surface area contributed by atoms with Gasteiger partial charge in [-0.15, -0.1) is 10.2 Å². The van der Waals surface area contributed by atoms with Crippen molar-refractivity contribution in [1.82, 2.24) is 20.8 Å². The Morgan fingerprint density at radius 2 is 0.961 bits per heavy atom. The zero-order valence-corrected chi connectivity index (χ0v) is 27.2. The fourth-order valence-electron chi connectivity index (χ4n) is 5.52. The van der Waals surface area contributed by atoms with E-state index in [4.69, 9.17) is 4.42 Å². The number of benzene rings is 4. The predicted molar refractivity (Wildman–Crippen MR) is 192 cm³/mol. The second kappa shape index (κ2) is 13.7. The zero-order valence-electron chi connectivity index (χ0n) is 27.2. The Kier molecular flexibility index (Phi) is 8.66. The Morgan fingerprint density at radius 1 is 0.569 bits per heavy atom. The summed E-state index contributed by atoms with van der Waals surface area (Å²) in [6, 6.07) is 28.6. The summed E-state index contributed by atoms with van der Waals surface area (Å²) in [6.45, 7) is 0. The van der Waals surface area contributed by atoms with Gasteiger partial charge in [0.1, 0.15) is 11.4 Å². The van der Waals surface area contributed by atoms with E-state index in [2.05, 4.69) is 41.9 Å². The van der Waals surface area contributed by atoms with E-state index >= 15 is 0 Å². The lowest BCUT2D eigenvalue weighted by Gasteiger charge is -2.16.